The van der Waals surface area contributed by atoms with Gasteiger partial charge in [0.2, 0.25) is 5.91 Å². The summed E-state index contributed by atoms with van der Waals surface area (Å²) in [4.78, 5) is 16.1. The Labute approximate surface area is 119 Å². The summed E-state index contributed by atoms with van der Waals surface area (Å²) >= 11 is 1.61. The number of aromatic nitrogens is 1. The lowest BCUT2D eigenvalue weighted by Crippen LogP contribution is -2.27. The minimum absolute atomic E-state index is 0.0229. The van der Waals surface area contributed by atoms with Crippen LogP contribution in [0.2, 0.25) is 0 Å². The molecule has 0 radical (unpaired) electrons. The first-order valence-electron chi connectivity index (χ1n) is 6.77. The van der Waals surface area contributed by atoms with Crippen molar-refractivity contribution in [1.82, 2.24) is 10.3 Å². The number of aliphatic hydroxyl groups is 1. The number of nitrogens with zero attached hydrogens (tertiary/aromatic N) is 1. The lowest BCUT2D eigenvalue weighted by Gasteiger charge is -2.21. The molecule has 0 aliphatic rings. The van der Waals surface area contributed by atoms with Crippen molar-refractivity contribution in [2.75, 3.05) is 13.2 Å². The Morgan fingerprint density at radius 1 is 1.53 bits per heavy atom. The molecular weight excluding hydrogens is 260 g/mol. The summed E-state index contributed by atoms with van der Waals surface area (Å²) in [7, 11) is 0. The fraction of sp³-hybridized carbons (Fsp3) is 0.714. The molecule has 0 aliphatic carbocycles. The van der Waals surface area contributed by atoms with Crippen LogP contribution in [0.25, 0.3) is 0 Å². The van der Waals surface area contributed by atoms with E-state index in [9.17, 15) is 4.79 Å². The van der Waals surface area contributed by atoms with Gasteiger partial charge < -0.3 is 10.4 Å². The minimum atomic E-state index is -0.0599. The second kappa shape index (κ2) is 7.60. The van der Waals surface area contributed by atoms with Gasteiger partial charge in [-0.1, -0.05) is 20.8 Å². The van der Waals surface area contributed by atoms with Crippen molar-refractivity contribution in [3.63, 3.8) is 0 Å². The van der Waals surface area contributed by atoms with Gasteiger partial charge in [-0.3, -0.25) is 4.79 Å². The molecule has 0 bridgehead atoms. The van der Waals surface area contributed by atoms with Crippen molar-refractivity contribution in [2.45, 2.75) is 46.5 Å². The molecule has 1 aromatic heterocycles. The van der Waals surface area contributed by atoms with Crippen LogP contribution in [-0.2, 0) is 17.6 Å². The molecule has 0 saturated carbocycles. The van der Waals surface area contributed by atoms with Crippen molar-refractivity contribution in [2.24, 2.45) is 5.41 Å². The zero-order chi connectivity index (χ0) is 14.3. The monoisotopic (exact) mass is 284 g/mol. The first-order chi connectivity index (χ1) is 8.96. The Bertz CT molecular complexity index is 402. The van der Waals surface area contributed by atoms with Crippen LogP contribution < -0.4 is 5.32 Å². The van der Waals surface area contributed by atoms with E-state index >= 15 is 0 Å². The standard InChI is InChI=1S/C14H24N2O2S/c1-4-13-16-11(9-19-13)8-12(18)15-7-5-6-14(2,3)10-17/h9,17H,4-8,10H2,1-3H3,(H,15,18). The summed E-state index contributed by atoms with van der Waals surface area (Å²) in [6.45, 7) is 6.95. The van der Waals surface area contributed by atoms with E-state index in [4.69, 9.17) is 5.11 Å². The molecule has 108 valence electrons. The van der Waals surface area contributed by atoms with Gasteiger partial charge >= 0.3 is 0 Å². The van der Waals surface area contributed by atoms with E-state index in [1.165, 1.54) is 0 Å². The summed E-state index contributed by atoms with van der Waals surface area (Å²) in [6.07, 6.45) is 3.07. The molecule has 1 heterocycles. The van der Waals surface area contributed by atoms with E-state index in [0.717, 1.165) is 30.0 Å². The van der Waals surface area contributed by atoms with Gasteiger partial charge in [0.05, 0.1) is 17.1 Å². The Kier molecular flexibility index (Phi) is 6.45. The second-order valence-corrected chi connectivity index (χ2v) is 6.48. The van der Waals surface area contributed by atoms with Crippen LogP contribution in [-0.4, -0.2) is 29.1 Å². The predicted octanol–water partition coefficient (Wildman–Crippen LogP) is 2.16. The van der Waals surface area contributed by atoms with Gasteiger partial charge in [0.25, 0.3) is 0 Å². The van der Waals surface area contributed by atoms with Gasteiger partial charge in [-0.25, -0.2) is 4.98 Å². The summed E-state index contributed by atoms with van der Waals surface area (Å²) in [5.74, 6) is 0.0229. The van der Waals surface area contributed by atoms with E-state index < -0.39 is 0 Å². The second-order valence-electron chi connectivity index (χ2n) is 5.54. The molecule has 1 rings (SSSR count). The molecule has 0 saturated heterocycles. The molecule has 1 aromatic rings. The highest BCUT2D eigenvalue weighted by molar-refractivity contribution is 7.09. The van der Waals surface area contributed by atoms with Crippen molar-refractivity contribution in [3.05, 3.63) is 16.1 Å². The van der Waals surface area contributed by atoms with Gasteiger partial charge in [-0.05, 0) is 24.7 Å². The Hall–Kier alpha value is -0.940. The smallest absolute Gasteiger partial charge is 0.226 e. The Balaban J connectivity index is 2.21. The normalized spacial score (nSPS) is 11.6. The van der Waals surface area contributed by atoms with Gasteiger partial charge in [0.15, 0.2) is 0 Å². The van der Waals surface area contributed by atoms with Crippen molar-refractivity contribution >= 4 is 17.2 Å². The number of aryl methyl sites for hydroxylation is 1. The molecule has 0 atom stereocenters. The van der Waals surface area contributed by atoms with E-state index in [1.54, 1.807) is 11.3 Å². The molecule has 0 aromatic carbocycles. The maximum absolute atomic E-state index is 11.7. The molecule has 0 aliphatic heterocycles. The third-order valence-corrected chi connectivity index (χ3v) is 4.07. The SMILES string of the molecule is CCc1nc(CC(=O)NCCCC(C)(C)CO)cs1. The molecule has 5 heteroatoms. The number of thiazole rings is 1. The molecule has 19 heavy (non-hydrogen) atoms. The largest absolute Gasteiger partial charge is 0.396 e. The van der Waals surface area contributed by atoms with Crippen LogP contribution in [0.5, 0.6) is 0 Å². The van der Waals surface area contributed by atoms with Crippen LogP contribution in [0.4, 0.5) is 0 Å². The van der Waals surface area contributed by atoms with E-state index in [0.29, 0.717) is 13.0 Å². The quantitative estimate of drug-likeness (QED) is 0.719. The summed E-state index contributed by atoms with van der Waals surface area (Å²) in [5, 5.41) is 15.1. The van der Waals surface area contributed by atoms with Crippen LogP contribution in [0.15, 0.2) is 5.38 Å². The number of nitrogens with one attached hydrogen (secondary N) is 1. The van der Waals surface area contributed by atoms with Crippen LogP contribution in [0.3, 0.4) is 0 Å². The van der Waals surface area contributed by atoms with E-state index in [2.05, 4.69) is 17.2 Å². The van der Waals surface area contributed by atoms with Gasteiger partial charge in [0.1, 0.15) is 0 Å². The lowest BCUT2D eigenvalue weighted by molar-refractivity contribution is -0.120. The van der Waals surface area contributed by atoms with Crippen molar-refractivity contribution in [1.29, 1.82) is 0 Å². The number of amides is 1. The number of carbonyl (C=O) groups is 1. The molecular formula is C14H24N2O2S. The maximum atomic E-state index is 11.7. The average molecular weight is 284 g/mol. The third-order valence-electron chi connectivity index (χ3n) is 3.02. The van der Waals surface area contributed by atoms with Crippen molar-refractivity contribution < 1.29 is 9.90 Å². The molecule has 0 spiro atoms. The Morgan fingerprint density at radius 2 is 2.26 bits per heavy atom. The summed E-state index contributed by atoms with van der Waals surface area (Å²) in [6, 6.07) is 0. The van der Waals surface area contributed by atoms with Crippen molar-refractivity contribution in [3.8, 4) is 0 Å². The molecule has 2 N–H and O–H groups in total. The highest BCUT2D eigenvalue weighted by Gasteiger charge is 2.15. The third kappa shape index (κ3) is 6.16. The molecule has 1 amide bonds. The van der Waals surface area contributed by atoms with Crippen LogP contribution >= 0.6 is 11.3 Å². The highest BCUT2D eigenvalue weighted by Crippen LogP contribution is 2.20. The van der Waals surface area contributed by atoms with E-state index in [-0.39, 0.29) is 17.9 Å². The van der Waals surface area contributed by atoms with Crippen LogP contribution in [0.1, 0.15) is 44.3 Å². The summed E-state index contributed by atoms with van der Waals surface area (Å²) in [5.41, 5.74) is 0.797. The fourth-order valence-electron chi connectivity index (χ4n) is 1.69. The van der Waals surface area contributed by atoms with Gasteiger partial charge in [0, 0.05) is 18.5 Å². The summed E-state index contributed by atoms with van der Waals surface area (Å²) < 4.78 is 0. The van der Waals surface area contributed by atoms with E-state index in [1.807, 2.05) is 19.2 Å². The Morgan fingerprint density at radius 3 is 2.84 bits per heavy atom. The molecule has 0 unspecified atom stereocenters. The minimum Gasteiger partial charge on any atom is -0.396 e. The first kappa shape index (κ1) is 16.1. The predicted molar refractivity (Wildman–Crippen MR) is 78.3 cm³/mol. The number of hydrogen-bond acceptors (Lipinski definition) is 4. The zero-order valence-electron chi connectivity index (χ0n) is 12.0. The molecule has 0 fully saturated rings. The highest BCUT2D eigenvalue weighted by atomic mass is 32.1. The number of aliphatic hydroxyl groups excluding tert-OH is 1. The number of hydrogen-bond donors (Lipinski definition) is 2. The zero-order valence-corrected chi connectivity index (χ0v) is 12.8. The number of rotatable bonds is 8. The topological polar surface area (TPSA) is 62.2 Å². The fourth-order valence-corrected chi connectivity index (χ4v) is 2.44. The van der Waals surface area contributed by atoms with Gasteiger partial charge in [-0.2, -0.15) is 0 Å². The molecule has 4 nitrogen and oxygen atoms in total. The first-order valence-corrected chi connectivity index (χ1v) is 7.65. The maximum Gasteiger partial charge on any atom is 0.226 e. The number of carbonyl (C=O) groups excluding carboxylic acids is 1. The lowest BCUT2D eigenvalue weighted by atomic mass is 9.89. The van der Waals surface area contributed by atoms with Gasteiger partial charge in [-0.15, -0.1) is 11.3 Å². The van der Waals surface area contributed by atoms with Crippen LogP contribution in [0, 0.1) is 5.41 Å². The average Bonchev–Trinajstić information content (AvgIpc) is 2.82.